The summed E-state index contributed by atoms with van der Waals surface area (Å²) in [5.41, 5.74) is 1.07. The first-order valence-electron chi connectivity index (χ1n) is 6.86. The van der Waals surface area contributed by atoms with Gasteiger partial charge in [0.1, 0.15) is 0 Å². The molecule has 1 aliphatic rings. The largest absolute Gasteiger partial charge is 0.481 e. The summed E-state index contributed by atoms with van der Waals surface area (Å²) in [5, 5.41) is 14.7. The normalized spacial score (nSPS) is 19.1. The second-order valence-corrected chi connectivity index (χ2v) is 4.95. The molecule has 0 aliphatic carbocycles. The van der Waals surface area contributed by atoms with Crippen LogP contribution in [0.25, 0.3) is 0 Å². The summed E-state index contributed by atoms with van der Waals surface area (Å²) in [6.45, 7) is 0.869. The molecule has 1 fully saturated rings. The molecule has 0 saturated carbocycles. The first-order valence-corrected chi connectivity index (χ1v) is 6.86. The van der Waals surface area contributed by atoms with E-state index in [1.54, 1.807) is 12.1 Å². The second kappa shape index (κ2) is 7.00. The van der Waals surface area contributed by atoms with Gasteiger partial charge in [0.15, 0.2) is 0 Å². The Kier molecular flexibility index (Phi) is 5.06. The van der Waals surface area contributed by atoms with E-state index in [2.05, 4.69) is 15.6 Å². The summed E-state index contributed by atoms with van der Waals surface area (Å²) in [6.07, 6.45) is 5.54. The van der Waals surface area contributed by atoms with Crippen molar-refractivity contribution in [2.24, 2.45) is 0 Å². The SMILES string of the molecule is O=C(O)Cc1ccc(NC(=O)C2CCCCCN2)cn1. The highest BCUT2D eigenvalue weighted by atomic mass is 16.4. The Balaban J connectivity index is 1.91. The third-order valence-electron chi connectivity index (χ3n) is 3.30. The molecular weight excluding hydrogens is 258 g/mol. The lowest BCUT2D eigenvalue weighted by atomic mass is 10.1. The van der Waals surface area contributed by atoms with Crippen molar-refractivity contribution in [2.45, 2.75) is 38.1 Å². The zero-order valence-corrected chi connectivity index (χ0v) is 11.3. The smallest absolute Gasteiger partial charge is 0.309 e. The van der Waals surface area contributed by atoms with Gasteiger partial charge in [0, 0.05) is 0 Å². The molecule has 1 aromatic heterocycles. The zero-order chi connectivity index (χ0) is 14.4. The molecule has 0 bridgehead atoms. The van der Waals surface area contributed by atoms with Crippen molar-refractivity contribution < 1.29 is 14.7 Å². The molecule has 108 valence electrons. The quantitative estimate of drug-likeness (QED) is 0.768. The number of aliphatic carboxylic acids is 1. The van der Waals surface area contributed by atoms with Gasteiger partial charge in [-0.25, -0.2) is 0 Å². The summed E-state index contributed by atoms with van der Waals surface area (Å²) in [5.74, 6) is -0.975. The van der Waals surface area contributed by atoms with Crippen LogP contribution in [0.2, 0.25) is 0 Å². The molecular formula is C14H19N3O3. The Labute approximate surface area is 117 Å². The van der Waals surface area contributed by atoms with Crippen molar-refractivity contribution in [1.82, 2.24) is 10.3 Å². The Morgan fingerprint density at radius 1 is 1.35 bits per heavy atom. The molecule has 1 aromatic rings. The number of nitrogens with zero attached hydrogens (tertiary/aromatic N) is 1. The molecule has 1 amide bonds. The predicted octanol–water partition coefficient (Wildman–Crippen LogP) is 1.18. The highest BCUT2D eigenvalue weighted by Crippen LogP contribution is 2.12. The summed E-state index contributed by atoms with van der Waals surface area (Å²) >= 11 is 0. The Hall–Kier alpha value is -1.95. The molecule has 1 aliphatic heterocycles. The van der Waals surface area contributed by atoms with Crippen molar-refractivity contribution in [2.75, 3.05) is 11.9 Å². The third kappa shape index (κ3) is 4.31. The van der Waals surface area contributed by atoms with Gasteiger partial charge in [-0.1, -0.05) is 12.8 Å². The number of anilines is 1. The molecule has 0 aromatic carbocycles. The number of hydrogen-bond donors (Lipinski definition) is 3. The molecule has 1 saturated heterocycles. The molecule has 0 radical (unpaired) electrons. The Morgan fingerprint density at radius 3 is 2.90 bits per heavy atom. The van der Waals surface area contributed by atoms with Crippen LogP contribution in [0, 0.1) is 0 Å². The number of carboxylic acids is 1. The number of aromatic nitrogens is 1. The number of hydrogen-bond acceptors (Lipinski definition) is 4. The zero-order valence-electron chi connectivity index (χ0n) is 11.3. The lowest BCUT2D eigenvalue weighted by Gasteiger charge is -2.15. The van der Waals surface area contributed by atoms with E-state index >= 15 is 0 Å². The monoisotopic (exact) mass is 277 g/mol. The average molecular weight is 277 g/mol. The molecule has 1 atom stereocenters. The van der Waals surface area contributed by atoms with Gasteiger partial charge in [0.05, 0.1) is 30.0 Å². The molecule has 6 nitrogen and oxygen atoms in total. The topological polar surface area (TPSA) is 91.3 Å². The van der Waals surface area contributed by atoms with E-state index in [9.17, 15) is 9.59 Å². The maximum Gasteiger partial charge on any atom is 0.309 e. The maximum absolute atomic E-state index is 12.1. The number of nitrogens with one attached hydrogen (secondary N) is 2. The summed E-state index contributed by atoms with van der Waals surface area (Å²) < 4.78 is 0. The standard InChI is InChI=1S/C14H19N3O3/c18-13(19)8-10-5-6-11(9-16-10)17-14(20)12-4-2-1-3-7-15-12/h5-6,9,12,15H,1-4,7-8H2,(H,17,20)(H,18,19). The van der Waals surface area contributed by atoms with Gasteiger partial charge in [-0.05, 0) is 31.5 Å². The van der Waals surface area contributed by atoms with E-state index in [-0.39, 0.29) is 18.4 Å². The third-order valence-corrected chi connectivity index (χ3v) is 3.30. The number of carbonyl (C=O) groups excluding carboxylic acids is 1. The fraction of sp³-hybridized carbons (Fsp3) is 0.500. The van der Waals surface area contributed by atoms with Gasteiger partial charge in [-0.3, -0.25) is 14.6 Å². The van der Waals surface area contributed by atoms with Crippen LogP contribution in [0.1, 0.15) is 31.4 Å². The van der Waals surface area contributed by atoms with Crippen LogP contribution in [0.15, 0.2) is 18.3 Å². The number of carboxylic acid groups (broad SMARTS) is 1. The molecule has 6 heteroatoms. The summed E-state index contributed by atoms with van der Waals surface area (Å²) in [6, 6.07) is 3.14. The lowest BCUT2D eigenvalue weighted by Crippen LogP contribution is -2.39. The van der Waals surface area contributed by atoms with Crippen LogP contribution in [0.5, 0.6) is 0 Å². The number of amides is 1. The minimum absolute atomic E-state index is 0.0558. The van der Waals surface area contributed by atoms with Crippen molar-refractivity contribution in [3.63, 3.8) is 0 Å². The summed E-state index contributed by atoms with van der Waals surface area (Å²) in [4.78, 5) is 26.7. The van der Waals surface area contributed by atoms with Crippen molar-refractivity contribution in [3.8, 4) is 0 Å². The average Bonchev–Trinajstić information content (AvgIpc) is 2.69. The highest BCUT2D eigenvalue weighted by molar-refractivity contribution is 5.94. The molecule has 20 heavy (non-hydrogen) atoms. The molecule has 2 rings (SSSR count). The van der Waals surface area contributed by atoms with Crippen LogP contribution < -0.4 is 10.6 Å². The first kappa shape index (κ1) is 14.5. The molecule has 2 heterocycles. The number of pyridine rings is 1. The lowest BCUT2D eigenvalue weighted by molar-refractivity contribution is -0.136. The molecule has 1 unspecified atom stereocenters. The fourth-order valence-corrected chi connectivity index (χ4v) is 2.24. The number of carbonyl (C=O) groups is 2. The van der Waals surface area contributed by atoms with E-state index in [4.69, 9.17) is 5.11 Å². The second-order valence-electron chi connectivity index (χ2n) is 4.95. The minimum Gasteiger partial charge on any atom is -0.481 e. The van der Waals surface area contributed by atoms with Crippen LogP contribution in [0.4, 0.5) is 5.69 Å². The van der Waals surface area contributed by atoms with Gasteiger partial charge in [0.2, 0.25) is 5.91 Å². The van der Waals surface area contributed by atoms with E-state index in [0.717, 1.165) is 32.2 Å². The van der Waals surface area contributed by atoms with Crippen molar-refractivity contribution in [3.05, 3.63) is 24.0 Å². The highest BCUT2D eigenvalue weighted by Gasteiger charge is 2.19. The van der Waals surface area contributed by atoms with E-state index in [1.165, 1.54) is 6.20 Å². The van der Waals surface area contributed by atoms with Crippen LogP contribution in [-0.4, -0.2) is 34.6 Å². The van der Waals surface area contributed by atoms with Crippen LogP contribution in [0.3, 0.4) is 0 Å². The Bertz CT molecular complexity index is 465. The van der Waals surface area contributed by atoms with E-state index in [0.29, 0.717) is 11.4 Å². The van der Waals surface area contributed by atoms with Gasteiger partial charge in [-0.2, -0.15) is 0 Å². The summed E-state index contributed by atoms with van der Waals surface area (Å²) in [7, 11) is 0. The maximum atomic E-state index is 12.1. The van der Waals surface area contributed by atoms with Crippen molar-refractivity contribution in [1.29, 1.82) is 0 Å². The van der Waals surface area contributed by atoms with Crippen molar-refractivity contribution >= 4 is 17.6 Å². The van der Waals surface area contributed by atoms with Gasteiger partial charge in [-0.15, -0.1) is 0 Å². The number of rotatable bonds is 4. The molecule has 3 N–H and O–H groups in total. The van der Waals surface area contributed by atoms with Crippen LogP contribution in [-0.2, 0) is 16.0 Å². The molecule has 0 spiro atoms. The first-order chi connectivity index (χ1) is 9.65. The van der Waals surface area contributed by atoms with E-state index < -0.39 is 5.97 Å². The van der Waals surface area contributed by atoms with Gasteiger partial charge in [0.25, 0.3) is 0 Å². The van der Waals surface area contributed by atoms with Gasteiger partial charge >= 0.3 is 5.97 Å². The predicted molar refractivity (Wildman–Crippen MR) is 74.5 cm³/mol. The van der Waals surface area contributed by atoms with E-state index in [1.807, 2.05) is 0 Å². The Morgan fingerprint density at radius 2 is 2.20 bits per heavy atom. The minimum atomic E-state index is -0.919. The fourth-order valence-electron chi connectivity index (χ4n) is 2.24. The van der Waals surface area contributed by atoms with Crippen LogP contribution >= 0.6 is 0 Å². The van der Waals surface area contributed by atoms with Gasteiger partial charge < -0.3 is 15.7 Å².